The molecule has 3 heterocycles. The zero-order chi connectivity index (χ0) is 17.4. The number of nitrogens with zero attached hydrogens (tertiary/aromatic N) is 6. The first-order chi connectivity index (χ1) is 12.1. The van der Waals surface area contributed by atoms with Crippen molar-refractivity contribution in [2.45, 2.75) is 25.8 Å². The summed E-state index contributed by atoms with van der Waals surface area (Å²) in [5.74, 6) is 0.997. The third kappa shape index (κ3) is 2.82. The molecule has 1 aromatic carbocycles. The Morgan fingerprint density at radius 2 is 2.04 bits per heavy atom. The van der Waals surface area contributed by atoms with Crippen LogP contribution in [0.25, 0.3) is 5.69 Å². The van der Waals surface area contributed by atoms with E-state index in [-0.39, 0.29) is 11.9 Å². The molecule has 25 heavy (non-hydrogen) atoms. The van der Waals surface area contributed by atoms with Crippen LogP contribution < -0.4 is 0 Å². The van der Waals surface area contributed by atoms with Crippen molar-refractivity contribution in [2.75, 3.05) is 6.54 Å². The van der Waals surface area contributed by atoms with Gasteiger partial charge in [0.1, 0.15) is 18.5 Å². The van der Waals surface area contributed by atoms with Gasteiger partial charge in [-0.25, -0.2) is 4.98 Å². The maximum atomic E-state index is 13.1. The molecule has 1 fully saturated rings. The van der Waals surface area contributed by atoms with Crippen LogP contribution >= 0.6 is 0 Å². The van der Waals surface area contributed by atoms with Crippen molar-refractivity contribution in [1.82, 2.24) is 29.2 Å². The molecule has 0 unspecified atom stereocenters. The average Bonchev–Trinajstić information content (AvgIpc) is 3.35. The Labute approximate surface area is 145 Å². The lowest BCUT2D eigenvalue weighted by Gasteiger charge is -2.24. The van der Waals surface area contributed by atoms with E-state index in [1.54, 1.807) is 17.2 Å². The fraction of sp³-hybridized carbons (Fsp3) is 0.333. The van der Waals surface area contributed by atoms with E-state index in [0.29, 0.717) is 5.56 Å². The molecule has 1 saturated heterocycles. The molecular formula is C18H20N6O. The minimum atomic E-state index is 0.0322. The number of carbonyl (C=O) groups is 1. The van der Waals surface area contributed by atoms with Crippen LogP contribution in [0.5, 0.6) is 0 Å². The maximum Gasteiger partial charge on any atom is 0.254 e. The molecule has 7 nitrogen and oxygen atoms in total. The van der Waals surface area contributed by atoms with Crippen LogP contribution in [-0.4, -0.2) is 41.7 Å². The lowest BCUT2D eigenvalue weighted by atomic mass is 10.1. The molecule has 128 valence electrons. The molecule has 1 aliphatic heterocycles. The molecule has 7 heteroatoms. The predicted octanol–water partition coefficient (Wildman–Crippen LogP) is 2.29. The van der Waals surface area contributed by atoms with Crippen molar-refractivity contribution in [2.24, 2.45) is 7.05 Å². The van der Waals surface area contributed by atoms with Gasteiger partial charge < -0.3 is 9.47 Å². The van der Waals surface area contributed by atoms with E-state index in [1.807, 2.05) is 53.9 Å². The fourth-order valence-electron chi connectivity index (χ4n) is 3.52. The zero-order valence-electron chi connectivity index (χ0n) is 14.3. The van der Waals surface area contributed by atoms with Crippen LogP contribution in [0.15, 0.2) is 43.1 Å². The highest BCUT2D eigenvalue weighted by molar-refractivity contribution is 5.95. The second-order valence-electron chi connectivity index (χ2n) is 6.43. The first kappa shape index (κ1) is 15.6. The Kier molecular flexibility index (Phi) is 3.83. The van der Waals surface area contributed by atoms with Gasteiger partial charge in [-0.3, -0.25) is 9.36 Å². The average molecular weight is 336 g/mol. The van der Waals surface area contributed by atoms with Crippen molar-refractivity contribution < 1.29 is 4.79 Å². The van der Waals surface area contributed by atoms with Gasteiger partial charge in [0.05, 0.1) is 11.7 Å². The lowest BCUT2D eigenvalue weighted by Crippen LogP contribution is -2.31. The van der Waals surface area contributed by atoms with Gasteiger partial charge in [-0.2, -0.15) is 0 Å². The third-order valence-corrected chi connectivity index (χ3v) is 4.65. The van der Waals surface area contributed by atoms with Gasteiger partial charge in [0.2, 0.25) is 0 Å². The maximum absolute atomic E-state index is 13.1. The number of hydrogen-bond donors (Lipinski definition) is 0. The molecule has 1 atom stereocenters. The Balaban J connectivity index is 1.64. The number of rotatable bonds is 3. The number of imidazole rings is 1. The van der Waals surface area contributed by atoms with Crippen LogP contribution in [0.2, 0.25) is 0 Å². The quantitative estimate of drug-likeness (QED) is 0.736. The Morgan fingerprint density at radius 3 is 2.76 bits per heavy atom. The lowest BCUT2D eigenvalue weighted by molar-refractivity contribution is 0.0728. The standard InChI is InChI=1S/C18H20N6O/c1-13-10-22(2)17(21-13)16-7-4-8-24(16)18(25)14-5-3-6-15(9-14)23-11-19-20-12-23/h3,5-6,9-12,16H,4,7-8H2,1-2H3/t16-/m1/s1. The van der Waals surface area contributed by atoms with Crippen LogP contribution in [0.4, 0.5) is 0 Å². The Bertz CT molecular complexity index is 898. The van der Waals surface area contributed by atoms with E-state index in [2.05, 4.69) is 15.2 Å². The van der Waals surface area contributed by atoms with Gasteiger partial charge in [0.15, 0.2) is 0 Å². The predicted molar refractivity (Wildman–Crippen MR) is 92.3 cm³/mol. The molecule has 0 aliphatic carbocycles. The first-order valence-corrected chi connectivity index (χ1v) is 8.39. The van der Waals surface area contributed by atoms with Gasteiger partial charge in [-0.1, -0.05) is 6.07 Å². The number of aryl methyl sites for hydroxylation is 2. The number of likely N-dealkylation sites (tertiary alicyclic amines) is 1. The van der Waals surface area contributed by atoms with Crippen molar-refractivity contribution in [3.05, 3.63) is 60.2 Å². The van der Waals surface area contributed by atoms with Gasteiger partial charge in [0.25, 0.3) is 5.91 Å². The number of carbonyl (C=O) groups excluding carboxylic acids is 1. The zero-order valence-corrected chi connectivity index (χ0v) is 14.3. The fourth-order valence-corrected chi connectivity index (χ4v) is 3.52. The van der Waals surface area contributed by atoms with E-state index >= 15 is 0 Å². The van der Waals surface area contributed by atoms with E-state index in [0.717, 1.165) is 36.6 Å². The molecule has 3 aromatic rings. The smallest absolute Gasteiger partial charge is 0.254 e. The Hall–Kier alpha value is -2.96. The molecule has 4 rings (SSSR count). The van der Waals surface area contributed by atoms with E-state index in [4.69, 9.17) is 0 Å². The van der Waals surface area contributed by atoms with Crippen LogP contribution in [0.3, 0.4) is 0 Å². The highest BCUT2D eigenvalue weighted by Crippen LogP contribution is 2.32. The van der Waals surface area contributed by atoms with Crippen molar-refractivity contribution in [3.8, 4) is 5.69 Å². The van der Waals surface area contributed by atoms with E-state index in [1.165, 1.54) is 0 Å². The summed E-state index contributed by atoms with van der Waals surface area (Å²) in [5, 5.41) is 7.64. The topological polar surface area (TPSA) is 68.8 Å². The summed E-state index contributed by atoms with van der Waals surface area (Å²) in [4.78, 5) is 19.7. The summed E-state index contributed by atoms with van der Waals surface area (Å²) < 4.78 is 3.82. The summed E-state index contributed by atoms with van der Waals surface area (Å²) in [6, 6.07) is 7.59. The molecule has 0 saturated carbocycles. The summed E-state index contributed by atoms with van der Waals surface area (Å²) in [7, 11) is 1.99. The summed E-state index contributed by atoms with van der Waals surface area (Å²) in [6.07, 6.45) is 7.19. The first-order valence-electron chi connectivity index (χ1n) is 8.39. The molecular weight excluding hydrogens is 316 g/mol. The minimum Gasteiger partial charge on any atom is -0.336 e. The molecule has 0 bridgehead atoms. The minimum absolute atomic E-state index is 0.0322. The second kappa shape index (κ2) is 6.16. The highest BCUT2D eigenvalue weighted by Gasteiger charge is 2.33. The van der Waals surface area contributed by atoms with Gasteiger partial charge in [-0.05, 0) is 38.0 Å². The van der Waals surface area contributed by atoms with Crippen LogP contribution in [-0.2, 0) is 7.05 Å². The van der Waals surface area contributed by atoms with Gasteiger partial charge in [-0.15, -0.1) is 10.2 Å². The molecule has 0 spiro atoms. The summed E-state index contributed by atoms with van der Waals surface area (Å²) in [5.41, 5.74) is 2.52. The van der Waals surface area contributed by atoms with Crippen LogP contribution in [0.1, 0.15) is 40.8 Å². The molecule has 0 N–H and O–H groups in total. The number of aromatic nitrogens is 5. The normalized spacial score (nSPS) is 17.2. The molecule has 0 radical (unpaired) electrons. The molecule has 1 amide bonds. The second-order valence-corrected chi connectivity index (χ2v) is 6.43. The third-order valence-electron chi connectivity index (χ3n) is 4.65. The highest BCUT2D eigenvalue weighted by atomic mass is 16.2. The number of benzene rings is 1. The van der Waals surface area contributed by atoms with Gasteiger partial charge >= 0.3 is 0 Å². The Morgan fingerprint density at radius 1 is 1.24 bits per heavy atom. The molecule has 2 aromatic heterocycles. The summed E-state index contributed by atoms with van der Waals surface area (Å²) >= 11 is 0. The SMILES string of the molecule is Cc1cn(C)c([C@H]2CCCN2C(=O)c2cccc(-n3cnnc3)c2)n1. The molecule has 1 aliphatic rings. The summed E-state index contributed by atoms with van der Waals surface area (Å²) in [6.45, 7) is 2.74. The van der Waals surface area contributed by atoms with E-state index < -0.39 is 0 Å². The largest absolute Gasteiger partial charge is 0.336 e. The van der Waals surface area contributed by atoms with E-state index in [9.17, 15) is 4.79 Å². The van der Waals surface area contributed by atoms with Crippen molar-refractivity contribution in [1.29, 1.82) is 0 Å². The van der Waals surface area contributed by atoms with Crippen molar-refractivity contribution >= 4 is 5.91 Å². The number of hydrogen-bond acceptors (Lipinski definition) is 4. The van der Waals surface area contributed by atoms with Crippen molar-refractivity contribution in [3.63, 3.8) is 0 Å². The number of amides is 1. The monoisotopic (exact) mass is 336 g/mol. The van der Waals surface area contributed by atoms with Gasteiger partial charge in [0, 0.05) is 31.0 Å². The van der Waals surface area contributed by atoms with Crippen LogP contribution in [0, 0.1) is 6.92 Å².